The number of hydrogen-bond acceptors (Lipinski definition) is 4. The molecule has 0 bridgehead atoms. The Morgan fingerprint density at radius 2 is 1.85 bits per heavy atom. The van der Waals surface area contributed by atoms with Crippen LogP contribution in [0, 0.1) is 0 Å². The molecule has 1 aromatic carbocycles. The molecule has 2 rings (SSSR count). The van der Waals surface area contributed by atoms with E-state index in [0.717, 1.165) is 10.6 Å². The monoisotopic (exact) mass is 278 g/mol. The maximum Gasteiger partial charge on any atom is 0.427 e. The van der Waals surface area contributed by atoms with Crippen molar-refractivity contribution in [2.45, 2.75) is 50.9 Å². The number of ether oxygens (including phenoxy) is 1. The van der Waals surface area contributed by atoms with E-state index in [0.29, 0.717) is 6.42 Å². The van der Waals surface area contributed by atoms with Crippen molar-refractivity contribution in [3.8, 4) is 0 Å². The van der Waals surface area contributed by atoms with E-state index < -0.39 is 17.4 Å². The van der Waals surface area contributed by atoms with Crippen LogP contribution in [0.25, 0.3) is 0 Å². The molecule has 0 aromatic heterocycles. The van der Waals surface area contributed by atoms with Gasteiger partial charge in [0.25, 0.3) is 0 Å². The summed E-state index contributed by atoms with van der Waals surface area (Å²) >= 11 is 0. The Kier molecular flexibility index (Phi) is 3.31. The van der Waals surface area contributed by atoms with Crippen molar-refractivity contribution in [2.24, 2.45) is 5.84 Å². The highest BCUT2D eigenvalue weighted by Gasteiger charge is 2.60. The molecule has 1 saturated heterocycles. The first-order valence-corrected chi connectivity index (χ1v) is 6.66. The van der Waals surface area contributed by atoms with Gasteiger partial charge in [0.1, 0.15) is 0 Å². The van der Waals surface area contributed by atoms with Crippen LogP contribution >= 0.6 is 0 Å². The van der Waals surface area contributed by atoms with E-state index >= 15 is 0 Å². The van der Waals surface area contributed by atoms with Gasteiger partial charge in [0, 0.05) is 6.42 Å². The molecule has 1 fully saturated rings. The van der Waals surface area contributed by atoms with Gasteiger partial charge >= 0.3 is 6.09 Å². The van der Waals surface area contributed by atoms with E-state index in [1.807, 2.05) is 30.3 Å². The van der Waals surface area contributed by atoms with Crippen LogP contribution in [0.2, 0.25) is 0 Å². The summed E-state index contributed by atoms with van der Waals surface area (Å²) in [7, 11) is 0. The normalized spacial score (nSPS) is 30.5. The predicted molar refractivity (Wildman–Crippen MR) is 75.6 cm³/mol. The topological polar surface area (TPSA) is 75.8 Å². The van der Waals surface area contributed by atoms with Crippen molar-refractivity contribution >= 4 is 6.09 Å². The molecule has 1 aliphatic rings. The highest BCUT2D eigenvalue weighted by atomic mass is 16.6. The van der Waals surface area contributed by atoms with Gasteiger partial charge in [0.05, 0.1) is 0 Å². The van der Waals surface area contributed by atoms with Gasteiger partial charge in [0.2, 0.25) is 0 Å². The summed E-state index contributed by atoms with van der Waals surface area (Å²) in [6.07, 6.45) is -0.252. The third kappa shape index (κ3) is 2.17. The number of aliphatic hydroxyl groups is 1. The molecule has 110 valence electrons. The minimum Gasteiger partial charge on any atom is -0.437 e. The summed E-state index contributed by atoms with van der Waals surface area (Å²) in [4.78, 5) is 11.6. The van der Waals surface area contributed by atoms with Crippen molar-refractivity contribution in [3.63, 3.8) is 0 Å². The lowest BCUT2D eigenvalue weighted by atomic mass is 9.73. The molecule has 1 amide bonds. The molecule has 0 saturated carbocycles. The number of hydrogen-bond donors (Lipinski definition) is 2. The lowest BCUT2D eigenvalue weighted by Gasteiger charge is -2.40. The number of carbonyl (C=O) groups excluding carboxylic acids is 1. The van der Waals surface area contributed by atoms with Crippen LogP contribution in [0.15, 0.2) is 30.3 Å². The number of carbonyl (C=O) groups is 1. The quantitative estimate of drug-likeness (QED) is 0.656. The molecular weight excluding hydrogens is 256 g/mol. The first kappa shape index (κ1) is 14.8. The van der Waals surface area contributed by atoms with Crippen LogP contribution in [0.1, 0.15) is 39.7 Å². The predicted octanol–water partition coefficient (Wildman–Crippen LogP) is 2.15. The van der Waals surface area contributed by atoms with Gasteiger partial charge in [-0.3, -0.25) is 0 Å². The van der Waals surface area contributed by atoms with Crippen LogP contribution in [-0.4, -0.2) is 27.5 Å². The van der Waals surface area contributed by atoms with E-state index in [-0.39, 0.29) is 5.41 Å². The Hall–Kier alpha value is -1.59. The Morgan fingerprint density at radius 3 is 2.30 bits per heavy atom. The summed E-state index contributed by atoms with van der Waals surface area (Å²) < 4.78 is 5.35. The van der Waals surface area contributed by atoms with Crippen LogP contribution in [0.5, 0.6) is 0 Å². The Bertz CT molecular complexity index is 513. The Morgan fingerprint density at radius 1 is 1.30 bits per heavy atom. The molecule has 3 N–H and O–H groups in total. The number of cyclic esters (lactones) is 1. The number of nitrogens with two attached hydrogens (primary N) is 1. The lowest BCUT2D eigenvalue weighted by Crippen LogP contribution is -2.59. The SMILES string of the molecule is CC(C)(C[C@]1(C)OC(=O)N(N)[C@@]1(C)O)c1ccccc1. The largest absolute Gasteiger partial charge is 0.437 e. The number of nitrogens with zero attached hydrogens (tertiary/aromatic N) is 1. The summed E-state index contributed by atoms with van der Waals surface area (Å²) in [6.45, 7) is 7.31. The van der Waals surface area contributed by atoms with Crippen LogP contribution in [0.4, 0.5) is 4.79 Å². The number of rotatable bonds is 3. The molecular formula is C15H22N2O3. The third-order valence-electron chi connectivity index (χ3n) is 4.31. The smallest absolute Gasteiger partial charge is 0.427 e. The Labute approximate surface area is 119 Å². The zero-order chi connectivity index (χ0) is 15.2. The van der Waals surface area contributed by atoms with E-state index in [1.54, 1.807) is 6.92 Å². The van der Waals surface area contributed by atoms with Gasteiger partial charge in [0.15, 0.2) is 11.3 Å². The summed E-state index contributed by atoms with van der Waals surface area (Å²) in [5.41, 5.74) is -1.77. The number of amides is 1. The van der Waals surface area contributed by atoms with Crippen molar-refractivity contribution in [2.75, 3.05) is 0 Å². The summed E-state index contributed by atoms with van der Waals surface area (Å²) in [5, 5.41) is 11.3. The van der Waals surface area contributed by atoms with Gasteiger partial charge in [-0.25, -0.2) is 15.6 Å². The fourth-order valence-electron chi connectivity index (χ4n) is 2.81. The summed E-state index contributed by atoms with van der Waals surface area (Å²) in [6, 6.07) is 9.93. The molecule has 0 unspecified atom stereocenters. The molecule has 2 atom stereocenters. The van der Waals surface area contributed by atoms with E-state index in [9.17, 15) is 9.90 Å². The van der Waals surface area contributed by atoms with Crippen molar-refractivity contribution in [1.29, 1.82) is 0 Å². The van der Waals surface area contributed by atoms with Crippen molar-refractivity contribution in [1.82, 2.24) is 5.01 Å². The molecule has 0 spiro atoms. The van der Waals surface area contributed by atoms with E-state index in [1.165, 1.54) is 6.92 Å². The maximum atomic E-state index is 11.6. The average molecular weight is 278 g/mol. The molecule has 5 heteroatoms. The third-order valence-corrected chi connectivity index (χ3v) is 4.31. The molecule has 0 aliphatic carbocycles. The lowest BCUT2D eigenvalue weighted by molar-refractivity contribution is -0.146. The average Bonchev–Trinajstić information content (AvgIpc) is 2.50. The van der Waals surface area contributed by atoms with E-state index in [4.69, 9.17) is 10.6 Å². The van der Waals surface area contributed by atoms with Gasteiger partial charge in [-0.1, -0.05) is 44.2 Å². The summed E-state index contributed by atoms with van der Waals surface area (Å²) in [5.74, 6) is 5.60. The molecule has 1 aromatic rings. The number of hydrazine groups is 1. The standard InChI is InChI=1S/C15H22N2O3/c1-13(2,11-8-6-5-7-9-11)10-14(3)15(4,19)17(16)12(18)20-14/h5-9,19H,10,16H2,1-4H3/t14-,15-/m0/s1. The highest BCUT2D eigenvalue weighted by molar-refractivity contribution is 5.71. The van der Waals surface area contributed by atoms with Crippen LogP contribution in [-0.2, 0) is 10.2 Å². The molecule has 1 heterocycles. The second kappa shape index (κ2) is 4.46. The zero-order valence-corrected chi connectivity index (χ0v) is 12.4. The molecule has 1 aliphatic heterocycles. The van der Waals surface area contributed by atoms with Gasteiger partial charge in [-0.05, 0) is 24.8 Å². The fourth-order valence-corrected chi connectivity index (χ4v) is 2.81. The van der Waals surface area contributed by atoms with Crippen LogP contribution < -0.4 is 5.84 Å². The molecule has 0 radical (unpaired) electrons. The zero-order valence-electron chi connectivity index (χ0n) is 12.4. The fraction of sp³-hybridized carbons (Fsp3) is 0.533. The Balaban J connectivity index is 2.31. The minimum atomic E-state index is -1.55. The number of benzene rings is 1. The van der Waals surface area contributed by atoms with Gasteiger partial charge in [-0.15, -0.1) is 0 Å². The van der Waals surface area contributed by atoms with E-state index in [2.05, 4.69) is 13.8 Å². The molecule has 5 nitrogen and oxygen atoms in total. The maximum absolute atomic E-state index is 11.6. The highest BCUT2D eigenvalue weighted by Crippen LogP contribution is 2.44. The minimum absolute atomic E-state index is 0.272. The van der Waals surface area contributed by atoms with Gasteiger partial charge in [-0.2, -0.15) is 0 Å². The van der Waals surface area contributed by atoms with Crippen molar-refractivity contribution < 1.29 is 14.6 Å². The first-order chi connectivity index (χ1) is 9.10. The first-order valence-electron chi connectivity index (χ1n) is 6.66. The van der Waals surface area contributed by atoms with Crippen molar-refractivity contribution in [3.05, 3.63) is 35.9 Å². The second-order valence-electron chi connectivity index (χ2n) is 6.42. The van der Waals surface area contributed by atoms with Gasteiger partial charge < -0.3 is 9.84 Å². The van der Waals surface area contributed by atoms with Crippen LogP contribution in [0.3, 0.4) is 0 Å². The second-order valence-corrected chi connectivity index (χ2v) is 6.42. The molecule has 20 heavy (non-hydrogen) atoms.